The van der Waals surface area contributed by atoms with Crippen LogP contribution in [0.1, 0.15) is 30.1 Å². The Kier molecular flexibility index (Phi) is 7.17. The molecule has 7 heteroatoms. The molecule has 1 aromatic rings. The molecule has 0 unspecified atom stereocenters. The molecule has 0 fully saturated rings. The SMILES string of the molecule is CCCCOCCNC(=O)Nc1ccc(C(=O)O)c(F)c1. The number of halogens is 1. The fourth-order valence-corrected chi connectivity index (χ4v) is 1.53. The predicted molar refractivity (Wildman–Crippen MR) is 76.1 cm³/mol. The average molecular weight is 298 g/mol. The first-order valence-corrected chi connectivity index (χ1v) is 6.70. The number of amides is 2. The van der Waals surface area contributed by atoms with Gasteiger partial charge in [0.15, 0.2) is 0 Å². The van der Waals surface area contributed by atoms with Crippen LogP contribution in [0.3, 0.4) is 0 Å². The first-order chi connectivity index (χ1) is 10.0. The van der Waals surface area contributed by atoms with E-state index in [1.54, 1.807) is 0 Å². The first kappa shape index (κ1) is 16.9. The molecule has 0 saturated carbocycles. The topological polar surface area (TPSA) is 87.7 Å². The molecule has 0 aromatic heterocycles. The second kappa shape index (κ2) is 8.91. The van der Waals surface area contributed by atoms with Gasteiger partial charge in [-0.05, 0) is 24.6 Å². The molecule has 0 heterocycles. The van der Waals surface area contributed by atoms with E-state index in [0.29, 0.717) is 19.8 Å². The molecular weight excluding hydrogens is 279 g/mol. The molecule has 0 atom stereocenters. The number of anilines is 1. The number of carboxylic acids is 1. The van der Waals surface area contributed by atoms with Gasteiger partial charge in [-0.3, -0.25) is 0 Å². The summed E-state index contributed by atoms with van der Waals surface area (Å²) < 4.78 is 18.7. The van der Waals surface area contributed by atoms with E-state index in [9.17, 15) is 14.0 Å². The third-order valence-electron chi connectivity index (χ3n) is 2.63. The van der Waals surface area contributed by atoms with Crippen LogP contribution >= 0.6 is 0 Å². The maximum atomic E-state index is 13.4. The molecule has 0 spiro atoms. The molecule has 0 bridgehead atoms. The minimum atomic E-state index is -1.35. The van der Waals surface area contributed by atoms with Gasteiger partial charge in [-0.2, -0.15) is 0 Å². The number of hydrogen-bond acceptors (Lipinski definition) is 3. The first-order valence-electron chi connectivity index (χ1n) is 6.70. The maximum Gasteiger partial charge on any atom is 0.338 e. The Balaban J connectivity index is 2.34. The number of urea groups is 1. The Bertz CT molecular complexity index is 494. The molecule has 0 aliphatic carbocycles. The molecule has 0 saturated heterocycles. The standard InChI is InChI=1S/C14H19FN2O4/c1-2-3-7-21-8-6-16-14(20)17-10-4-5-11(13(18)19)12(15)9-10/h4-5,9H,2-3,6-8H2,1H3,(H,18,19)(H2,16,17,20). The fraction of sp³-hybridized carbons (Fsp3) is 0.429. The van der Waals surface area contributed by atoms with E-state index in [1.807, 2.05) is 0 Å². The van der Waals surface area contributed by atoms with Crippen molar-refractivity contribution in [2.24, 2.45) is 0 Å². The summed E-state index contributed by atoms with van der Waals surface area (Å²) >= 11 is 0. The maximum absolute atomic E-state index is 13.4. The van der Waals surface area contributed by atoms with Gasteiger partial charge in [0.2, 0.25) is 0 Å². The van der Waals surface area contributed by atoms with Crippen molar-refractivity contribution < 1.29 is 23.8 Å². The number of carbonyl (C=O) groups excluding carboxylic acids is 1. The Morgan fingerprint density at radius 2 is 2.10 bits per heavy atom. The Labute approximate surface area is 122 Å². The van der Waals surface area contributed by atoms with Gasteiger partial charge in [-0.25, -0.2) is 14.0 Å². The Morgan fingerprint density at radius 1 is 1.33 bits per heavy atom. The van der Waals surface area contributed by atoms with Gasteiger partial charge in [0.25, 0.3) is 0 Å². The molecule has 21 heavy (non-hydrogen) atoms. The summed E-state index contributed by atoms with van der Waals surface area (Å²) in [4.78, 5) is 22.2. The number of carboxylic acid groups (broad SMARTS) is 1. The lowest BCUT2D eigenvalue weighted by atomic mass is 10.2. The monoisotopic (exact) mass is 298 g/mol. The third kappa shape index (κ3) is 6.22. The molecule has 3 N–H and O–H groups in total. The van der Waals surface area contributed by atoms with Gasteiger partial charge in [0.05, 0.1) is 12.2 Å². The van der Waals surface area contributed by atoms with Crippen LogP contribution in [-0.2, 0) is 4.74 Å². The lowest BCUT2D eigenvalue weighted by molar-refractivity contribution is 0.0692. The Hall–Kier alpha value is -2.15. The fourth-order valence-electron chi connectivity index (χ4n) is 1.53. The zero-order valence-corrected chi connectivity index (χ0v) is 11.8. The highest BCUT2D eigenvalue weighted by molar-refractivity contribution is 5.91. The van der Waals surface area contributed by atoms with Gasteiger partial charge in [0, 0.05) is 18.8 Å². The van der Waals surface area contributed by atoms with E-state index >= 15 is 0 Å². The largest absolute Gasteiger partial charge is 0.478 e. The molecule has 2 amide bonds. The van der Waals surface area contributed by atoms with Gasteiger partial charge < -0.3 is 20.5 Å². The highest BCUT2D eigenvalue weighted by Crippen LogP contribution is 2.14. The predicted octanol–water partition coefficient (Wildman–Crippen LogP) is 2.46. The van der Waals surface area contributed by atoms with Gasteiger partial charge in [-0.1, -0.05) is 13.3 Å². The average Bonchev–Trinajstić information content (AvgIpc) is 2.42. The number of nitrogens with one attached hydrogen (secondary N) is 2. The van der Waals surface area contributed by atoms with Crippen molar-refractivity contribution in [1.82, 2.24) is 5.32 Å². The van der Waals surface area contributed by atoms with Gasteiger partial charge in [0.1, 0.15) is 5.82 Å². The van der Waals surface area contributed by atoms with Crippen molar-refractivity contribution in [2.75, 3.05) is 25.1 Å². The molecule has 116 valence electrons. The number of hydrogen-bond donors (Lipinski definition) is 3. The molecule has 1 rings (SSSR count). The Morgan fingerprint density at radius 3 is 2.71 bits per heavy atom. The summed E-state index contributed by atoms with van der Waals surface area (Å²) in [5, 5.41) is 13.7. The third-order valence-corrected chi connectivity index (χ3v) is 2.63. The number of benzene rings is 1. The lowest BCUT2D eigenvalue weighted by Crippen LogP contribution is -2.31. The van der Waals surface area contributed by atoms with Crippen molar-refractivity contribution in [3.63, 3.8) is 0 Å². The van der Waals surface area contributed by atoms with E-state index in [0.717, 1.165) is 25.0 Å². The van der Waals surface area contributed by atoms with Crippen LogP contribution in [0.15, 0.2) is 18.2 Å². The van der Waals surface area contributed by atoms with E-state index in [1.165, 1.54) is 6.07 Å². The smallest absolute Gasteiger partial charge is 0.338 e. The summed E-state index contributed by atoms with van der Waals surface area (Å²) in [6.07, 6.45) is 2.02. The second-order valence-corrected chi connectivity index (χ2v) is 4.35. The summed E-state index contributed by atoms with van der Waals surface area (Å²) in [6, 6.07) is 2.88. The highest BCUT2D eigenvalue weighted by atomic mass is 19.1. The molecule has 6 nitrogen and oxygen atoms in total. The van der Waals surface area contributed by atoms with Crippen molar-refractivity contribution in [3.05, 3.63) is 29.6 Å². The van der Waals surface area contributed by atoms with E-state index in [2.05, 4.69) is 17.6 Å². The van der Waals surface area contributed by atoms with E-state index in [4.69, 9.17) is 9.84 Å². The molecule has 0 radical (unpaired) electrons. The number of carbonyl (C=O) groups is 2. The second-order valence-electron chi connectivity index (χ2n) is 4.35. The van der Waals surface area contributed by atoms with Crippen LogP contribution in [0.5, 0.6) is 0 Å². The van der Waals surface area contributed by atoms with Crippen LogP contribution in [0.2, 0.25) is 0 Å². The quantitative estimate of drug-likeness (QED) is 0.643. The van der Waals surface area contributed by atoms with Crippen LogP contribution in [-0.4, -0.2) is 36.9 Å². The zero-order chi connectivity index (χ0) is 15.7. The van der Waals surface area contributed by atoms with Crippen molar-refractivity contribution in [3.8, 4) is 0 Å². The highest BCUT2D eigenvalue weighted by Gasteiger charge is 2.11. The minimum absolute atomic E-state index is 0.182. The zero-order valence-electron chi connectivity index (χ0n) is 11.8. The van der Waals surface area contributed by atoms with Crippen molar-refractivity contribution in [2.45, 2.75) is 19.8 Å². The lowest BCUT2D eigenvalue weighted by Gasteiger charge is -2.08. The van der Waals surface area contributed by atoms with Crippen LogP contribution in [0, 0.1) is 5.82 Å². The molecule has 0 aliphatic rings. The van der Waals surface area contributed by atoms with E-state index in [-0.39, 0.29) is 5.69 Å². The summed E-state index contributed by atoms with van der Waals surface area (Å²) in [7, 11) is 0. The number of rotatable bonds is 8. The number of ether oxygens (including phenoxy) is 1. The van der Waals surface area contributed by atoms with Crippen molar-refractivity contribution >= 4 is 17.7 Å². The van der Waals surface area contributed by atoms with E-state index < -0.39 is 23.4 Å². The van der Waals surface area contributed by atoms with Gasteiger partial charge in [-0.15, -0.1) is 0 Å². The van der Waals surface area contributed by atoms with Gasteiger partial charge >= 0.3 is 12.0 Å². The molecule has 0 aliphatic heterocycles. The van der Waals surface area contributed by atoms with Crippen LogP contribution < -0.4 is 10.6 Å². The number of unbranched alkanes of at least 4 members (excludes halogenated alkanes) is 1. The molecular formula is C14H19FN2O4. The minimum Gasteiger partial charge on any atom is -0.478 e. The van der Waals surface area contributed by atoms with Crippen LogP contribution in [0.4, 0.5) is 14.9 Å². The summed E-state index contributed by atoms with van der Waals surface area (Å²) in [6.45, 7) is 3.45. The van der Waals surface area contributed by atoms with Crippen molar-refractivity contribution in [1.29, 1.82) is 0 Å². The summed E-state index contributed by atoms with van der Waals surface area (Å²) in [5.41, 5.74) is -0.257. The number of aromatic carboxylic acids is 1. The van der Waals surface area contributed by atoms with Crippen LogP contribution in [0.25, 0.3) is 0 Å². The summed E-state index contributed by atoms with van der Waals surface area (Å²) in [5.74, 6) is -2.25. The molecule has 1 aromatic carbocycles. The normalized spacial score (nSPS) is 10.2.